The number of aromatic nitrogens is 2. The molecule has 1 atom stereocenters. The summed E-state index contributed by atoms with van der Waals surface area (Å²) in [5, 5.41) is 16.2. The quantitative estimate of drug-likeness (QED) is 0.699. The van der Waals surface area contributed by atoms with Crippen molar-refractivity contribution in [1.82, 2.24) is 14.1 Å². The summed E-state index contributed by atoms with van der Waals surface area (Å²) in [7, 11) is 7.10. The van der Waals surface area contributed by atoms with Crippen molar-refractivity contribution in [2.45, 2.75) is 25.8 Å². The first-order chi connectivity index (χ1) is 15.2. The van der Waals surface area contributed by atoms with E-state index in [-0.39, 0.29) is 30.0 Å². The van der Waals surface area contributed by atoms with E-state index >= 15 is 0 Å². The lowest BCUT2D eigenvalue weighted by atomic mass is 9.97. The number of hydrogen-bond acceptors (Lipinski definition) is 8. The van der Waals surface area contributed by atoms with Crippen LogP contribution in [-0.2, 0) is 18.9 Å². The summed E-state index contributed by atoms with van der Waals surface area (Å²) in [5.41, 5.74) is -0.734. The van der Waals surface area contributed by atoms with Gasteiger partial charge < -0.3 is 19.3 Å². The second-order valence-corrected chi connectivity index (χ2v) is 7.19. The van der Waals surface area contributed by atoms with Crippen LogP contribution in [0.25, 0.3) is 0 Å². The van der Waals surface area contributed by atoms with Gasteiger partial charge in [-0.25, -0.2) is 9.80 Å². The normalized spacial score (nSPS) is 15.5. The molecule has 0 saturated heterocycles. The highest BCUT2D eigenvalue weighted by atomic mass is 16.5. The molecule has 1 amide bonds. The molecule has 1 N–H and O–H groups in total. The lowest BCUT2D eigenvalue weighted by Gasteiger charge is -2.24. The topological polar surface area (TPSA) is 125 Å². The van der Waals surface area contributed by atoms with E-state index in [9.17, 15) is 19.5 Å². The molecule has 172 valence electrons. The highest BCUT2D eigenvalue weighted by molar-refractivity contribution is 6.04. The summed E-state index contributed by atoms with van der Waals surface area (Å²) in [6.07, 6.45) is 0.277. The van der Waals surface area contributed by atoms with E-state index in [4.69, 9.17) is 14.2 Å². The molecule has 11 nitrogen and oxygen atoms in total. The van der Waals surface area contributed by atoms with Crippen molar-refractivity contribution in [1.29, 1.82) is 0 Å². The van der Waals surface area contributed by atoms with Gasteiger partial charge in [0, 0.05) is 32.5 Å². The second-order valence-electron chi connectivity index (χ2n) is 7.19. The third-order valence-electron chi connectivity index (χ3n) is 5.48. The Hall–Kier alpha value is -3.76. The number of aromatic hydroxyl groups is 1. The lowest BCUT2D eigenvalue weighted by molar-refractivity contribution is -0.132. The van der Waals surface area contributed by atoms with Gasteiger partial charge in [-0.05, 0) is 12.1 Å². The highest BCUT2D eigenvalue weighted by Gasteiger charge is 2.37. The van der Waals surface area contributed by atoms with Gasteiger partial charge in [0.15, 0.2) is 11.5 Å². The maximum Gasteiger partial charge on any atom is 0.333 e. The molecule has 1 aromatic carbocycles. The number of nitrogens with zero attached hydrogens (tertiary/aromatic N) is 4. The zero-order chi connectivity index (χ0) is 23.7. The van der Waals surface area contributed by atoms with E-state index < -0.39 is 23.2 Å². The van der Waals surface area contributed by atoms with Crippen molar-refractivity contribution >= 4 is 11.6 Å². The predicted molar refractivity (Wildman–Crippen MR) is 116 cm³/mol. The molecule has 0 fully saturated rings. The summed E-state index contributed by atoms with van der Waals surface area (Å²) in [5.74, 6) is 0.360. The molecule has 1 aromatic heterocycles. The molecule has 0 unspecified atom stereocenters. The third-order valence-corrected chi connectivity index (χ3v) is 5.48. The van der Waals surface area contributed by atoms with Gasteiger partial charge in [-0.1, -0.05) is 6.92 Å². The molecule has 0 bridgehead atoms. The third kappa shape index (κ3) is 3.49. The van der Waals surface area contributed by atoms with E-state index in [1.54, 1.807) is 19.1 Å². The Morgan fingerprint density at radius 3 is 2.31 bits per heavy atom. The van der Waals surface area contributed by atoms with Crippen molar-refractivity contribution in [2.24, 2.45) is 19.2 Å². The van der Waals surface area contributed by atoms with Crippen LogP contribution in [-0.4, -0.2) is 52.2 Å². The highest BCUT2D eigenvalue weighted by Crippen LogP contribution is 2.46. The molecule has 2 heterocycles. The summed E-state index contributed by atoms with van der Waals surface area (Å²) < 4.78 is 18.2. The average Bonchev–Trinajstić information content (AvgIpc) is 3.24. The Kier molecular flexibility index (Phi) is 6.28. The Labute approximate surface area is 184 Å². The Bertz CT molecular complexity index is 1210. The molecule has 32 heavy (non-hydrogen) atoms. The predicted octanol–water partition coefficient (Wildman–Crippen LogP) is 0.903. The first-order valence-electron chi connectivity index (χ1n) is 9.89. The van der Waals surface area contributed by atoms with E-state index in [0.717, 1.165) is 9.13 Å². The summed E-state index contributed by atoms with van der Waals surface area (Å²) in [4.78, 5) is 37.6. The Morgan fingerprint density at radius 1 is 1.09 bits per heavy atom. The van der Waals surface area contributed by atoms with Gasteiger partial charge >= 0.3 is 5.69 Å². The van der Waals surface area contributed by atoms with Crippen molar-refractivity contribution in [3.63, 3.8) is 0 Å². The van der Waals surface area contributed by atoms with Gasteiger partial charge in [-0.2, -0.15) is 5.10 Å². The van der Waals surface area contributed by atoms with Gasteiger partial charge in [-0.15, -0.1) is 0 Å². The van der Waals surface area contributed by atoms with Crippen LogP contribution in [0.5, 0.6) is 23.1 Å². The lowest BCUT2D eigenvalue weighted by Crippen LogP contribution is -2.39. The Morgan fingerprint density at radius 2 is 1.75 bits per heavy atom. The minimum Gasteiger partial charge on any atom is -0.494 e. The number of hydrazone groups is 1. The zero-order valence-corrected chi connectivity index (χ0v) is 18.8. The fourth-order valence-corrected chi connectivity index (χ4v) is 3.77. The molecule has 0 radical (unpaired) electrons. The van der Waals surface area contributed by atoms with Crippen LogP contribution < -0.4 is 25.5 Å². The van der Waals surface area contributed by atoms with Gasteiger partial charge in [0.05, 0.1) is 33.1 Å². The van der Waals surface area contributed by atoms with Gasteiger partial charge in [0.1, 0.15) is 5.56 Å². The zero-order valence-electron chi connectivity index (χ0n) is 18.8. The second kappa shape index (κ2) is 8.77. The summed E-state index contributed by atoms with van der Waals surface area (Å²) in [6, 6.07) is 2.79. The molecule has 11 heteroatoms. The van der Waals surface area contributed by atoms with Crippen LogP contribution in [0.3, 0.4) is 0 Å². The van der Waals surface area contributed by atoms with Crippen molar-refractivity contribution in [3.8, 4) is 23.1 Å². The van der Waals surface area contributed by atoms with Gasteiger partial charge in [-0.3, -0.25) is 18.7 Å². The number of ether oxygens (including phenoxy) is 3. The number of carbonyl (C=O) groups is 1. The van der Waals surface area contributed by atoms with E-state index in [1.165, 1.54) is 40.4 Å². The van der Waals surface area contributed by atoms with Crippen LogP contribution in [0.4, 0.5) is 0 Å². The minimum absolute atomic E-state index is 0.110. The van der Waals surface area contributed by atoms with Crippen LogP contribution in [0.1, 0.15) is 36.9 Å². The maximum absolute atomic E-state index is 12.8. The van der Waals surface area contributed by atoms with Crippen LogP contribution in [0.15, 0.2) is 26.8 Å². The number of rotatable bonds is 6. The molecule has 1 aliphatic rings. The largest absolute Gasteiger partial charge is 0.494 e. The number of methoxy groups -OCH3 is 3. The smallest absolute Gasteiger partial charge is 0.333 e. The van der Waals surface area contributed by atoms with E-state index in [1.807, 2.05) is 0 Å². The molecular weight excluding hydrogens is 420 g/mol. The van der Waals surface area contributed by atoms with E-state index in [0.29, 0.717) is 22.8 Å². The number of benzene rings is 1. The van der Waals surface area contributed by atoms with Crippen LogP contribution in [0.2, 0.25) is 0 Å². The molecule has 0 aliphatic carbocycles. The molecule has 0 spiro atoms. The molecule has 0 saturated carbocycles. The molecular formula is C21H26N4O7. The summed E-state index contributed by atoms with van der Waals surface area (Å²) in [6.45, 7) is 1.70. The van der Waals surface area contributed by atoms with Crippen LogP contribution in [0, 0.1) is 0 Å². The van der Waals surface area contributed by atoms with Crippen molar-refractivity contribution in [2.75, 3.05) is 21.3 Å². The van der Waals surface area contributed by atoms with E-state index in [2.05, 4.69) is 5.10 Å². The SMILES string of the molecule is CCC(=O)N1N=C(c2c(O)n(C)c(=O)n(C)c2=O)C[C@@H]1c1ccc(OC)c(OC)c1OC. The minimum atomic E-state index is -0.701. The maximum atomic E-state index is 12.8. The average molecular weight is 446 g/mol. The summed E-state index contributed by atoms with van der Waals surface area (Å²) >= 11 is 0. The standard InChI is InChI=1S/C21H26N4O7/c1-7-15(26)25-13(11-8-9-14(30-4)18(32-6)17(11)31-5)10-12(22-25)16-19(27)23(2)21(29)24(3)20(16)28/h8-9,13,27H,7,10H2,1-6H3/t13-/m1/s1. The molecule has 1 aliphatic heterocycles. The monoisotopic (exact) mass is 446 g/mol. The first-order valence-corrected chi connectivity index (χ1v) is 9.89. The Balaban J connectivity index is 2.21. The van der Waals surface area contributed by atoms with Crippen LogP contribution >= 0.6 is 0 Å². The fourth-order valence-electron chi connectivity index (χ4n) is 3.77. The number of hydrogen-bond donors (Lipinski definition) is 1. The van der Waals surface area contributed by atoms with Crippen molar-refractivity contribution in [3.05, 3.63) is 44.1 Å². The molecule has 3 rings (SSSR count). The van der Waals surface area contributed by atoms with Gasteiger partial charge in [0.2, 0.25) is 17.5 Å². The number of carbonyl (C=O) groups excluding carboxylic acids is 1. The van der Waals surface area contributed by atoms with Gasteiger partial charge in [0.25, 0.3) is 5.56 Å². The fraction of sp³-hybridized carbons (Fsp3) is 0.429. The molecule has 2 aromatic rings. The number of amides is 1. The van der Waals surface area contributed by atoms with Crippen molar-refractivity contribution < 1.29 is 24.1 Å². The first kappa shape index (κ1) is 22.9.